The Morgan fingerprint density at radius 2 is 0.519 bits per heavy atom. The molecule has 0 amide bonds. The molecule has 9 rings (SSSR count). The molecular weight excluding hydrogens is 659 g/mol. The molecule has 7 aromatic carbocycles. The minimum absolute atomic E-state index is 0.619. The SMILES string of the molecule is c1ccc(-c2ccc(-c3nc(-c4ccccc4)cc(-c4ccc(-c5ccccc5-c5nc(-c6ccccc6)nc(-c6ccccc6)n5)cc4)n3)cc2)cc1. The number of aromatic nitrogens is 5. The lowest BCUT2D eigenvalue weighted by atomic mass is 9.97. The predicted molar refractivity (Wildman–Crippen MR) is 219 cm³/mol. The van der Waals surface area contributed by atoms with E-state index in [1.807, 2.05) is 91.0 Å². The second-order valence-electron chi connectivity index (χ2n) is 12.9. The van der Waals surface area contributed by atoms with Crippen molar-refractivity contribution in [2.24, 2.45) is 0 Å². The highest BCUT2D eigenvalue weighted by atomic mass is 15.0. The van der Waals surface area contributed by atoms with Crippen LogP contribution in [0.15, 0.2) is 200 Å². The van der Waals surface area contributed by atoms with Gasteiger partial charge >= 0.3 is 0 Å². The maximum Gasteiger partial charge on any atom is 0.164 e. The second kappa shape index (κ2) is 14.7. The first-order valence-corrected chi connectivity index (χ1v) is 17.9. The van der Waals surface area contributed by atoms with Crippen LogP contribution in [0.5, 0.6) is 0 Å². The number of hydrogen-bond acceptors (Lipinski definition) is 5. The fourth-order valence-corrected chi connectivity index (χ4v) is 6.60. The summed E-state index contributed by atoms with van der Waals surface area (Å²) in [7, 11) is 0. The van der Waals surface area contributed by atoms with Gasteiger partial charge in [-0.15, -0.1) is 0 Å². The summed E-state index contributed by atoms with van der Waals surface area (Å²) >= 11 is 0. The van der Waals surface area contributed by atoms with E-state index in [9.17, 15) is 0 Å². The van der Waals surface area contributed by atoms with Gasteiger partial charge in [-0.2, -0.15) is 0 Å². The molecule has 0 aliphatic heterocycles. The molecule has 0 N–H and O–H groups in total. The summed E-state index contributed by atoms with van der Waals surface area (Å²) in [6, 6.07) is 68.1. The molecule has 0 unspecified atom stereocenters. The van der Waals surface area contributed by atoms with Crippen LogP contribution in [0, 0.1) is 0 Å². The highest BCUT2D eigenvalue weighted by Gasteiger charge is 2.16. The molecule has 9 aromatic rings. The Hall–Kier alpha value is -7.37. The first-order chi connectivity index (χ1) is 26.7. The maximum absolute atomic E-state index is 5.11. The molecular formula is C49H33N5. The molecule has 5 nitrogen and oxygen atoms in total. The summed E-state index contributed by atoms with van der Waals surface area (Å²) in [6.07, 6.45) is 0. The smallest absolute Gasteiger partial charge is 0.164 e. The zero-order valence-electron chi connectivity index (χ0n) is 29.3. The fourth-order valence-electron chi connectivity index (χ4n) is 6.60. The van der Waals surface area contributed by atoms with Gasteiger partial charge < -0.3 is 0 Å². The van der Waals surface area contributed by atoms with E-state index in [4.69, 9.17) is 24.9 Å². The molecule has 0 aliphatic rings. The molecule has 2 aromatic heterocycles. The number of nitrogens with zero attached hydrogens (tertiary/aromatic N) is 5. The van der Waals surface area contributed by atoms with Gasteiger partial charge in [0.25, 0.3) is 0 Å². The Bertz CT molecular complexity index is 2610. The largest absolute Gasteiger partial charge is 0.228 e. The standard InChI is InChI=1S/C49H33N5/c1-5-15-34(16-6-1)35-25-31-41(32-26-35)46-50-44(37-17-7-2-8-18-37)33-45(51-46)38-29-27-36(28-30-38)42-23-13-14-24-43(42)49-53-47(39-19-9-3-10-20-39)52-48(54-49)40-21-11-4-12-22-40/h1-33H. The van der Waals surface area contributed by atoms with Gasteiger partial charge in [-0.25, -0.2) is 24.9 Å². The van der Waals surface area contributed by atoms with E-state index in [1.165, 1.54) is 5.56 Å². The van der Waals surface area contributed by atoms with Gasteiger partial charge in [-0.05, 0) is 28.3 Å². The van der Waals surface area contributed by atoms with Crippen molar-refractivity contribution in [3.8, 4) is 90.3 Å². The van der Waals surface area contributed by atoms with Gasteiger partial charge in [0.15, 0.2) is 23.3 Å². The molecule has 0 saturated heterocycles. The van der Waals surface area contributed by atoms with Gasteiger partial charge in [0.2, 0.25) is 0 Å². The predicted octanol–water partition coefficient (Wildman–Crippen LogP) is 12.0. The van der Waals surface area contributed by atoms with Crippen molar-refractivity contribution in [1.29, 1.82) is 0 Å². The fraction of sp³-hybridized carbons (Fsp3) is 0. The third-order valence-corrected chi connectivity index (χ3v) is 9.40. The van der Waals surface area contributed by atoms with Crippen LogP contribution >= 0.6 is 0 Å². The average molecular weight is 692 g/mol. The maximum atomic E-state index is 5.11. The summed E-state index contributed by atoms with van der Waals surface area (Å²) in [4.78, 5) is 25.1. The zero-order valence-corrected chi connectivity index (χ0v) is 29.3. The van der Waals surface area contributed by atoms with Crippen LogP contribution in [0.1, 0.15) is 0 Å². The Balaban J connectivity index is 1.10. The molecule has 254 valence electrons. The van der Waals surface area contributed by atoms with E-state index in [0.29, 0.717) is 23.3 Å². The van der Waals surface area contributed by atoms with Crippen LogP contribution < -0.4 is 0 Å². The van der Waals surface area contributed by atoms with Crippen LogP contribution in [-0.2, 0) is 0 Å². The van der Waals surface area contributed by atoms with Gasteiger partial charge in [-0.1, -0.05) is 194 Å². The highest BCUT2D eigenvalue weighted by molar-refractivity contribution is 5.83. The molecule has 0 atom stereocenters. The van der Waals surface area contributed by atoms with Gasteiger partial charge in [0.1, 0.15) is 0 Å². The van der Waals surface area contributed by atoms with Crippen molar-refractivity contribution in [1.82, 2.24) is 24.9 Å². The van der Waals surface area contributed by atoms with E-state index in [2.05, 4.69) is 109 Å². The zero-order chi connectivity index (χ0) is 36.1. The molecule has 54 heavy (non-hydrogen) atoms. The molecule has 0 saturated carbocycles. The Morgan fingerprint density at radius 3 is 1.06 bits per heavy atom. The normalized spacial score (nSPS) is 11.0. The molecule has 0 radical (unpaired) electrons. The lowest BCUT2D eigenvalue weighted by Gasteiger charge is -2.13. The number of benzene rings is 7. The van der Waals surface area contributed by atoms with E-state index >= 15 is 0 Å². The van der Waals surface area contributed by atoms with Gasteiger partial charge in [0, 0.05) is 33.4 Å². The molecule has 0 spiro atoms. The second-order valence-corrected chi connectivity index (χ2v) is 12.9. The summed E-state index contributed by atoms with van der Waals surface area (Å²) in [6.45, 7) is 0. The lowest BCUT2D eigenvalue weighted by molar-refractivity contribution is 1.07. The molecule has 0 bridgehead atoms. The quantitative estimate of drug-likeness (QED) is 0.159. The summed E-state index contributed by atoms with van der Waals surface area (Å²) in [5.41, 5.74) is 11.9. The van der Waals surface area contributed by atoms with E-state index in [-0.39, 0.29) is 0 Å². The van der Waals surface area contributed by atoms with E-state index < -0.39 is 0 Å². The molecule has 2 heterocycles. The van der Waals surface area contributed by atoms with Gasteiger partial charge in [0.05, 0.1) is 11.4 Å². The third-order valence-electron chi connectivity index (χ3n) is 9.40. The minimum atomic E-state index is 0.619. The topological polar surface area (TPSA) is 64.5 Å². The van der Waals surface area contributed by atoms with Crippen molar-refractivity contribution in [3.05, 3.63) is 200 Å². The minimum Gasteiger partial charge on any atom is -0.228 e. The number of rotatable bonds is 8. The Kier molecular flexibility index (Phi) is 8.86. The van der Waals surface area contributed by atoms with Crippen molar-refractivity contribution in [2.75, 3.05) is 0 Å². The summed E-state index contributed by atoms with van der Waals surface area (Å²) in [5, 5.41) is 0. The average Bonchev–Trinajstić information content (AvgIpc) is 3.27. The van der Waals surface area contributed by atoms with E-state index in [0.717, 1.165) is 61.5 Å². The molecule has 5 heteroatoms. The number of hydrogen-bond donors (Lipinski definition) is 0. The first-order valence-electron chi connectivity index (χ1n) is 17.9. The highest BCUT2D eigenvalue weighted by Crippen LogP contribution is 2.35. The van der Waals surface area contributed by atoms with Crippen molar-refractivity contribution < 1.29 is 0 Å². The van der Waals surface area contributed by atoms with Crippen LogP contribution in [0.2, 0.25) is 0 Å². The van der Waals surface area contributed by atoms with Gasteiger partial charge in [-0.3, -0.25) is 0 Å². The van der Waals surface area contributed by atoms with Crippen LogP contribution in [0.25, 0.3) is 90.3 Å². The first kappa shape index (κ1) is 32.5. The van der Waals surface area contributed by atoms with Crippen LogP contribution in [0.4, 0.5) is 0 Å². The summed E-state index contributed by atoms with van der Waals surface area (Å²) < 4.78 is 0. The molecule has 0 fully saturated rings. The monoisotopic (exact) mass is 691 g/mol. The third kappa shape index (κ3) is 6.82. The Morgan fingerprint density at radius 1 is 0.204 bits per heavy atom. The van der Waals surface area contributed by atoms with Crippen molar-refractivity contribution >= 4 is 0 Å². The van der Waals surface area contributed by atoms with E-state index in [1.54, 1.807) is 0 Å². The van der Waals surface area contributed by atoms with Crippen LogP contribution in [0.3, 0.4) is 0 Å². The summed E-state index contributed by atoms with van der Waals surface area (Å²) in [5.74, 6) is 2.56. The van der Waals surface area contributed by atoms with Crippen molar-refractivity contribution in [2.45, 2.75) is 0 Å². The van der Waals surface area contributed by atoms with Crippen LogP contribution in [-0.4, -0.2) is 24.9 Å². The Labute approximate surface area is 314 Å². The molecule has 0 aliphatic carbocycles. The lowest BCUT2D eigenvalue weighted by Crippen LogP contribution is -2.01. The van der Waals surface area contributed by atoms with Crippen molar-refractivity contribution in [3.63, 3.8) is 0 Å².